The van der Waals surface area contributed by atoms with E-state index in [1.54, 1.807) is 7.05 Å². The molecule has 0 amide bonds. The number of rotatable bonds is 8. The maximum Gasteiger partial charge on any atom is 0.156 e. The van der Waals surface area contributed by atoms with Crippen molar-refractivity contribution in [3.05, 3.63) is 35.4 Å². The monoisotopic (exact) mass is 361 g/mol. The summed E-state index contributed by atoms with van der Waals surface area (Å²) in [7, 11) is -2.10. The molecule has 0 heterocycles. The molecule has 0 bridgehead atoms. The van der Waals surface area contributed by atoms with E-state index in [2.05, 4.69) is 15.6 Å². The highest BCUT2D eigenvalue weighted by atomic mass is 32.2. The van der Waals surface area contributed by atoms with Gasteiger partial charge >= 0.3 is 0 Å². The first kappa shape index (κ1) is 18.8. The van der Waals surface area contributed by atoms with Gasteiger partial charge in [0.25, 0.3) is 0 Å². The molecular weight excluding hydrogens is 340 g/mol. The first-order valence-corrected chi connectivity index (χ1v) is 9.29. The lowest BCUT2D eigenvalue weighted by Gasteiger charge is -2.36. The van der Waals surface area contributed by atoms with Gasteiger partial charge in [-0.2, -0.15) is 0 Å². The van der Waals surface area contributed by atoms with E-state index in [0.29, 0.717) is 6.07 Å². The Morgan fingerprint density at radius 1 is 1.42 bits per heavy atom. The second-order valence-electron chi connectivity index (χ2n) is 5.95. The van der Waals surface area contributed by atoms with Crippen molar-refractivity contribution >= 4 is 16.2 Å². The predicted molar refractivity (Wildman–Crippen MR) is 87.5 cm³/mol. The van der Waals surface area contributed by atoms with E-state index >= 15 is 0 Å². The minimum absolute atomic E-state index is 0.197. The molecule has 1 fully saturated rings. The lowest BCUT2D eigenvalue weighted by atomic mass is 9.87. The summed E-state index contributed by atoms with van der Waals surface area (Å²) < 4.78 is 50.4. The zero-order valence-electron chi connectivity index (χ0n) is 13.5. The van der Waals surface area contributed by atoms with E-state index in [-0.39, 0.29) is 31.6 Å². The maximum absolute atomic E-state index is 14.3. The van der Waals surface area contributed by atoms with Crippen LogP contribution in [0.4, 0.5) is 8.78 Å². The molecule has 0 unspecified atom stereocenters. The molecule has 24 heavy (non-hydrogen) atoms. The van der Waals surface area contributed by atoms with Crippen LogP contribution in [0.5, 0.6) is 0 Å². The summed E-state index contributed by atoms with van der Waals surface area (Å²) in [6, 6.07) is 2.74. The van der Waals surface area contributed by atoms with E-state index in [9.17, 15) is 22.3 Å². The highest BCUT2D eigenvalue weighted by Gasteiger charge is 2.66. The molecule has 1 saturated carbocycles. The highest BCUT2D eigenvalue weighted by molar-refractivity contribution is 7.92. The third-order valence-electron chi connectivity index (χ3n) is 4.37. The Hall–Kier alpha value is -1.58. The fourth-order valence-electron chi connectivity index (χ4n) is 2.98. The standard InChI is InChI=1S/C15H21F2N3O3S/c1-18-9-20-10-19-8-15(21,14(5-6-14)24(2,22)23)12-4-3-11(16)7-13(12)17/h3-4,7,9,19,21H,5-6,8,10H2,1-2H3,(H,18,20)/t15-/m1/s1. The van der Waals surface area contributed by atoms with Gasteiger partial charge in [0.2, 0.25) is 0 Å². The minimum Gasteiger partial charge on any atom is -0.382 e. The molecule has 1 aromatic rings. The molecular formula is C15H21F2N3O3S. The molecule has 1 aliphatic rings. The Bertz CT molecular complexity index is 735. The molecule has 1 aromatic carbocycles. The van der Waals surface area contributed by atoms with Gasteiger partial charge in [0.05, 0.1) is 13.0 Å². The zero-order chi connectivity index (χ0) is 18.0. The second-order valence-corrected chi connectivity index (χ2v) is 8.27. The topological polar surface area (TPSA) is 90.8 Å². The number of hydrogen-bond donors (Lipinski definition) is 3. The largest absolute Gasteiger partial charge is 0.382 e. The molecule has 3 N–H and O–H groups in total. The van der Waals surface area contributed by atoms with Crippen molar-refractivity contribution in [1.82, 2.24) is 10.6 Å². The maximum atomic E-state index is 14.3. The number of hydrogen-bond acceptors (Lipinski definition) is 5. The van der Waals surface area contributed by atoms with Gasteiger partial charge in [0, 0.05) is 31.5 Å². The Morgan fingerprint density at radius 2 is 2.08 bits per heavy atom. The van der Waals surface area contributed by atoms with Gasteiger partial charge in [-0.25, -0.2) is 17.2 Å². The van der Waals surface area contributed by atoms with Gasteiger partial charge in [-0.1, -0.05) is 6.07 Å². The Kier molecular flexibility index (Phi) is 5.26. The summed E-state index contributed by atoms with van der Waals surface area (Å²) in [4.78, 5) is 3.72. The van der Waals surface area contributed by atoms with Crippen LogP contribution in [0.25, 0.3) is 0 Å². The SMILES string of the molecule is CN=CNCNC[C@@](O)(c1ccc(F)cc1F)C1(S(C)(=O)=O)CC1. The molecule has 1 aliphatic carbocycles. The number of nitrogens with one attached hydrogen (secondary N) is 2. The second kappa shape index (κ2) is 6.73. The van der Waals surface area contributed by atoms with Crippen LogP contribution in [0.2, 0.25) is 0 Å². The van der Waals surface area contributed by atoms with Crippen LogP contribution >= 0.6 is 0 Å². The van der Waals surface area contributed by atoms with Crippen molar-refractivity contribution in [3.63, 3.8) is 0 Å². The number of sulfone groups is 1. The Labute approximate surface area is 139 Å². The van der Waals surface area contributed by atoms with Gasteiger partial charge in [-0.15, -0.1) is 0 Å². The number of halogens is 2. The van der Waals surface area contributed by atoms with Crippen molar-refractivity contribution in [2.24, 2.45) is 4.99 Å². The lowest BCUT2D eigenvalue weighted by molar-refractivity contribution is 0.0203. The number of aliphatic hydroxyl groups is 1. The normalized spacial score (nSPS) is 19.2. The molecule has 1 atom stereocenters. The van der Waals surface area contributed by atoms with Crippen molar-refractivity contribution < 1.29 is 22.3 Å². The molecule has 9 heteroatoms. The third kappa shape index (κ3) is 3.28. The molecule has 6 nitrogen and oxygen atoms in total. The van der Waals surface area contributed by atoms with Crippen molar-refractivity contribution in [3.8, 4) is 0 Å². The van der Waals surface area contributed by atoms with Crippen LogP contribution in [-0.4, -0.2) is 51.1 Å². The highest BCUT2D eigenvalue weighted by Crippen LogP contribution is 2.55. The first-order valence-electron chi connectivity index (χ1n) is 7.40. The molecule has 0 aromatic heterocycles. The Morgan fingerprint density at radius 3 is 2.58 bits per heavy atom. The van der Waals surface area contributed by atoms with Crippen molar-refractivity contribution in [1.29, 1.82) is 0 Å². The van der Waals surface area contributed by atoms with Gasteiger partial charge < -0.3 is 10.4 Å². The van der Waals surface area contributed by atoms with E-state index in [4.69, 9.17) is 0 Å². The average molecular weight is 361 g/mol. The van der Waals surface area contributed by atoms with Crippen molar-refractivity contribution in [2.45, 2.75) is 23.2 Å². The quantitative estimate of drug-likeness (QED) is 0.272. The van der Waals surface area contributed by atoms with E-state index in [1.165, 1.54) is 6.34 Å². The summed E-state index contributed by atoms with van der Waals surface area (Å²) in [6.07, 6.45) is 2.87. The molecule has 0 spiro atoms. The summed E-state index contributed by atoms with van der Waals surface area (Å²) in [6.45, 7) is -0.0184. The average Bonchev–Trinajstić information content (AvgIpc) is 3.28. The summed E-state index contributed by atoms with van der Waals surface area (Å²) in [5.41, 5.74) is -2.24. The molecule has 0 radical (unpaired) electrons. The van der Waals surface area contributed by atoms with Crippen molar-refractivity contribution in [2.75, 3.05) is 26.5 Å². The van der Waals surface area contributed by atoms with E-state index in [1.807, 2.05) is 0 Å². The smallest absolute Gasteiger partial charge is 0.156 e. The van der Waals surface area contributed by atoms with E-state index < -0.39 is 31.8 Å². The van der Waals surface area contributed by atoms with Gasteiger partial charge in [0.1, 0.15) is 22.0 Å². The molecule has 0 saturated heterocycles. The van der Waals surface area contributed by atoms with Gasteiger partial charge in [-0.3, -0.25) is 10.3 Å². The van der Waals surface area contributed by atoms with Crippen LogP contribution in [-0.2, 0) is 15.4 Å². The predicted octanol–water partition coefficient (Wildman–Crippen LogP) is 0.524. The van der Waals surface area contributed by atoms with Gasteiger partial charge in [0.15, 0.2) is 9.84 Å². The molecule has 0 aliphatic heterocycles. The number of benzene rings is 1. The molecule has 2 rings (SSSR count). The number of nitrogens with zero attached hydrogens (tertiary/aromatic N) is 1. The third-order valence-corrected chi connectivity index (χ3v) is 6.54. The Balaban J connectivity index is 2.38. The van der Waals surface area contributed by atoms with Crippen LogP contribution in [0.1, 0.15) is 18.4 Å². The summed E-state index contributed by atoms with van der Waals surface area (Å²) in [5.74, 6) is -1.77. The van der Waals surface area contributed by atoms with Crippen LogP contribution in [0.15, 0.2) is 23.2 Å². The fourth-order valence-corrected chi connectivity index (χ4v) is 4.62. The summed E-state index contributed by atoms with van der Waals surface area (Å²) >= 11 is 0. The van der Waals surface area contributed by atoms with E-state index in [0.717, 1.165) is 18.4 Å². The van der Waals surface area contributed by atoms with Gasteiger partial charge in [-0.05, 0) is 18.9 Å². The van der Waals surface area contributed by atoms with Crippen LogP contribution < -0.4 is 10.6 Å². The lowest BCUT2D eigenvalue weighted by Crippen LogP contribution is -2.54. The summed E-state index contributed by atoms with van der Waals surface area (Å²) in [5, 5.41) is 16.8. The minimum atomic E-state index is -3.67. The van der Waals surface area contributed by atoms with Crippen LogP contribution in [0, 0.1) is 11.6 Å². The first-order chi connectivity index (χ1) is 11.2. The number of aliphatic imine (C=N–C) groups is 1. The zero-order valence-corrected chi connectivity index (χ0v) is 14.3. The van der Waals surface area contributed by atoms with Crippen LogP contribution in [0.3, 0.4) is 0 Å². The fraction of sp³-hybridized carbons (Fsp3) is 0.533. The molecule has 134 valence electrons.